The SMILES string of the molecule is CC(=O)N(Cc1ccccc1C)C[C@@H](Cc1c[nH]c2ccccc12)N(C(C)=O)N1CCC(c2c[nH]c3ccc(O)cc23)CC1. The van der Waals surface area contributed by atoms with E-state index in [0.29, 0.717) is 25.4 Å². The molecule has 1 atom stereocenters. The van der Waals surface area contributed by atoms with Crippen molar-refractivity contribution in [2.45, 2.75) is 58.5 Å². The summed E-state index contributed by atoms with van der Waals surface area (Å²) in [6.07, 6.45) is 6.47. The summed E-state index contributed by atoms with van der Waals surface area (Å²) in [6.45, 7) is 7.67. The van der Waals surface area contributed by atoms with Crippen molar-refractivity contribution in [3.63, 3.8) is 0 Å². The molecule has 0 bridgehead atoms. The molecule has 1 saturated heterocycles. The predicted molar refractivity (Wildman–Crippen MR) is 174 cm³/mol. The molecule has 3 N–H and O–H groups in total. The van der Waals surface area contributed by atoms with E-state index in [4.69, 9.17) is 0 Å². The Morgan fingerprint density at radius 2 is 1.59 bits per heavy atom. The van der Waals surface area contributed by atoms with Gasteiger partial charge in [0.15, 0.2) is 0 Å². The van der Waals surface area contributed by atoms with E-state index in [9.17, 15) is 14.7 Å². The van der Waals surface area contributed by atoms with Crippen LogP contribution in [0.5, 0.6) is 5.75 Å². The minimum atomic E-state index is -0.249. The van der Waals surface area contributed by atoms with Crippen LogP contribution < -0.4 is 0 Å². The Morgan fingerprint density at radius 3 is 2.34 bits per heavy atom. The van der Waals surface area contributed by atoms with Crippen LogP contribution in [-0.2, 0) is 22.6 Å². The highest BCUT2D eigenvalue weighted by Gasteiger charge is 2.34. The number of aryl methyl sites for hydroxylation is 1. The van der Waals surface area contributed by atoms with Gasteiger partial charge in [0.05, 0.1) is 6.04 Å². The number of H-pyrrole nitrogens is 2. The number of aromatic nitrogens is 2. The number of fused-ring (bicyclic) bond motifs is 2. The molecule has 1 fully saturated rings. The third-order valence-electron chi connectivity index (χ3n) is 9.21. The van der Waals surface area contributed by atoms with Gasteiger partial charge >= 0.3 is 0 Å². The highest BCUT2D eigenvalue weighted by molar-refractivity contribution is 5.85. The summed E-state index contributed by atoms with van der Waals surface area (Å²) in [5, 5.41) is 16.4. The second kappa shape index (κ2) is 12.6. The summed E-state index contributed by atoms with van der Waals surface area (Å²) in [5.74, 6) is 0.545. The third kappa shape index (κ3) is 6.08. The monoisotopic (exact) mass is 591 g/mol. The van der Waals surface area contributed by atoms with Crippen LogP contribution in [0.2, 0.25) is 0 Å². The number of aromatic amines is 2. The number of carbonyl (C=O) groups excluding carboxylic acids is 2. The number of benzene rings is 3. The lowest BCUT2D eigenvalue weighted by atomic mass is 9.89. The number of aromatic hydroxyl groups is 1. The van der Waals surface area contributed by atoms with Gasteiger partial charge in [-0.05, 0) is 78.6 Å². The summed E-state index contributed by atoms with van der Waals surface area (Å²) >= 11 is 0. The maximum absolute atomic E-state index is 13.5. The third-order valence-corrected chi connectivity index (χ3v) is 9.21. The van der Waals surface area contributed by atoms with Crippen molar-refractivity contribution < 1.29 is 14.7 Å². The van der Waals surface area contributed by atoms with Gasteiger partial charge < -0.3 is 20.0 Å². The molecule has 5 aromatic rings. The van der Waals surface area contributed by atoms with Gasteiger partial charge in [-0.3, -0.25) is 14.6 Å². The summed E-state index contributed by atoms with van der Waals surface area (Å²) < 4.78 is 0. The highest BCUT2D eigenvalue weighted by atomic mass is 16.3. The zero-order valence-corrected chi connectivity index (χ0v) is 25.7. The van der Waals surface area contributed by atoms with Crippen molar-refractivity contribution in [2.75, 3.05) is 19.6 Å². The first-order valence-corrected chi connectivity index (χ1v) is 15.5. The molecule has 8 heteroatoms. The molecule has 8 nitrogen and oxygen atoms in total. The Kier molecular flexibility index (Phi) is 8.44. The first-order valence-electron chi connectivity index (χ1n) is 15.5. The van der Waals surface area contributed by atoms with Crippen LogP contribution in [0.1, 0.15) is 54.9 Å². The molecule has 228 valence electrons. The highest BCUT2D eigenvalue weighted by Crippen LogP contribution is 2.35. The van der Waals surface area contributed by atoms with Crippen molar-refractivity contribution >= 4 is 33.6 Å². The molecule has 2 amide bonds. The van der Waals surface area contributed by atoms with Gasteiger partial charge in [-0.2, -0.15) is 0 Å². The van der Waals surface area contributed by atoms with Gasteiger partial charge in [-0.25, -0.2) is 5.01 Å². The molecular weight excluding hydrogens is 550 g/mol. The molecule has 0 aliphatic carbocycles. The van der Waals surface area contributed by atoms with E-state index >= 15 is 0 Å². The molecule has 3 heterocycles. The van der Waals surface area contributed by atoms with Crippen molar-refractivity contribution in [2.24, 2.45) is 0 Å². The summed E-state index contributed by atoms with van der Waals surface area (Å²) in [7, 11) is 0. The number of nitrogens with one attached hydrogen (secondary N) is 2. The molecule has 44 heavy (non-hydrogen) atoms. The van der Waals surface area contributed by atoms with E-state index in [-0.39, 0.29) is 23.6 Å². The molecule has 0 spiro atoms. The van der Waals surface area contributed by atoms with Crippen LogP contribution in [0.25, 0.3) is 21.8 Å². The fourth-order valence-corrected chi connectivity index (χ4v) is 6.88. The Hall–Kier alpha value is -4.56. The van der Waals surface area contributed by atoms with Gasteiger partial charge in [-0.1, -0.05) is 42.5 Å². The number of carbonyl (C=O) groups is 2. The van der Waals surface area contributed by atoms with Crippen LogP contribution >= 0.6 is 0 Å². The molecule has 1 aliphatic heterocycles. The lowest BCUT2D eigenvalue weighted by Gasteiger charge is -2.44. The first kappa shape index (κ1) is 29.5. The fourth-order valence-electron chi connectivity index (χ4n) is 6.88. The van der Waals surface area contributed by atoms with Crippen molar-refractivity contribution in [3.05, 3.63) is 101 Å². The molecule has 6 rings (SSSR count). The average Bonchev–Trinajstić information content (AvgIpc) is 3.62. The molecule has 0 saturated carbocycles. The van der Waals surface area contributed by atoms with Gasteiger partial charge in [0.1, 0.15) is 5.75 Å². The number of hydrogen-bond donors (Lipinski definition) is 3. The summed E-state index contributed by atoms with van der Waals surface area (Å²) in [4.78, 5) is 35.2. The number of phenols is 1. The maximum Gasteiger partial charge on any atom is 0.234 e. The van der Waals surface area contributed by atoms with Crippen LogP contribution in [0.15, 0.2) is 79.1 Å². The maximum atomic E-state index is 13.5. The number of amides is 2. The van der Waals surface area contributed by atoms with Gasteiger partial charge in [0.25, 0.3) is 0 Å². The largest absolute Gasteiger partial charge is 0.508 e. The van der Waals surface area contributed by atoms with Crippen LogP contribution in [-0.4, -0.2) is 67.5 Å². The number of hydrogen-bond acceptors (Lipinski definition) is 4. The van der Waals surface area contributed by atoms with E-state index in [0.717, 1.165) is 64.4 Å². The van der Waals surface area contributed by atoms with E-state index in [1.807, 2.05) is 52.5 Å². The van der Waals surface area contributed by atoms with Crippen LogP contribution in [0.3, 0.4) is 0 Å². The zero-order chi connectivity index (χ0) is 30.8. The number of phenolic OH excluding ortho intramolecular Hbond substituents is 1. The number of piperidine rings is 1. The number of para-hydroxylation sites is 1. The van der Waals surface area contributed by atoms with Crippen molar-refractivity contribution in [3.8, 4) is 5.75 Å². The molecule has 1 aliphatic rings. The number of rotatable bonds is 9. The Bertz CT molecular complexity index is 1780. The van der Waals surface area contributed by atoms with Crippen LogP contribution in [0, 0.1) is 6.92 Å². The van der Waals surface area contributed by atoms with Gasteiger partial charge in [0.2, 0.25) is 11.8 Å². The molecule has 2 aromatic heterocycles. The molecule has 0 unspecified atom stereocenters. The smallest absolute Gasteiger partial charge is 0.234 e. The molecule has 0 radical (unpaired) electrons. The lowest BCUT2D eigenvalue weighted by molar-refractivity contribution is -0.158. The van der Waals surface area contributed by atoms with Gasteiger partial charge in [-0.15, -0.1) is 0 Å². The lowest BCUT2D eigenvalue weighted by Crippen LogP contribution is -2.57. The fraction of sp³-hybridized carbons (Fsp3) is 0.333. The quantitative estimate of drug-likeness (QED) is 0.188. The van der Waals surface area contributed by atoms with E-state index < -0.39 is 0 Å². The van der Waals surface area contributed by atoms with Crippen molar-refractivity contribution in [1.29, 1.82) is 0 Å². The second-order valence-electron chi connectivity index (χ2n) is 12.1. The standard InChI is InChI=1S/C36H41N5O3/c1-24-8-4-5-9-28(24)22-39(25(2)42)23-30(18-29-20-37-35-11-7-6-10-32(29)35)41(26(3)43)40-16-14-27(15-17-40)34-21-38-36-13-12-31(44)19-33(34)36/h4-13,19-21,27,30,37-38,44H,14-18,22-23H2,1-3H3/t30-/m1/s1. The Labute approximate surface area is 258 Å². The normalized spacial score (nSPS) is 15.1. The zero-order valence-electron chi connectivity index (χ0n) is 25.7. The topological polar surface area (TPSA) is 95.7 Å². The number of nitrogens with zero attached hydrogens (tertiary/aromatic N) is 3. The minimum Gasteiger partial charge on any atom is -0.508 e. The first-order chi connectivity index (χ1) is 21.3. The average molecular weight is 592 g/mol. The molecular formula is C36H41N5O3. The summed E-state index contributed by atoms with van der Waals surface area (Å²) in [6, 6.07) is 21.6. The number of hydrazine groups is 1. The Balaban J connectivity index is 1.28. The van der Waals surface area contributed by atoms with Crippen LogP contribution in [0.4, 0.5) is 0 Å². The Morgan fingerprint density at radius 1 is 0.886 bits per heavy atom. The summed E-state index contributed by atoms with van der Waals surface area (Å²) in [5.41, 5.74) is 6.66. The van der Waals surface area contributed by atoms with E-state index in [1.54, 1.807) is 19.9 Å². The van der Waals surface area contributed by atoms with E-state index in [2.05, 4.69) is 52.4 Å². The second-order valence-corrected chi connectivity index (χ2v) is 12.1. The van der Waals surface area contributed by atoms with Crippen molar-refractivity contribution in [1.82, 2.24) is 24.9 Å². The predicted octanol–water partition coefficient (Wildman–Crippen LogP) is 6.27. The molecule has 3 aromatic carbocycles. The van der Waals surface area contributed by atoms with Gasteiger partial charge in [0, 0.05) is 74.2 Å². The van der Waals surface area contributed by atoms with E-state index in [1.165, 1.54) is 5.56 Å². The minimum absolute atomic E-state index is 0.0121.